The molecule has 0 saturated heterocycles. The third-order valence-electron chi connectivity index (χ3n) is 3.75. The molecule has 27 heavy (non-hydrogen) atoms. The minimum atomic E-state index is -4.49. The highest BCUT2D eigenvalue weighted by Gasteiger charge is 2.30. The van der Waals surface area contributed by atoms with E-state index >= 15 is 0 Å². The molecule has 0 aliphatic heterocycles. The number of aryl methyl sites for hydroxylation is 2. The number of alkyl halides is 3. The lowest BCUT2D eigenvalue weighted by atomic mass is 10.1. The molecule has 144 valence electrons. The van der Waals surface area contributed by atoms with E-state index in [1.54, 1.807) is 20.9 Å². The summed E-state index contributed by atoms with van der Waals surface area (Å²) in [6, 6.07) is 3.74. The molecule has 1 heterocycles. The fourth-order valence-corrected chi connectivity index (χ4v) is 2.34. The summed E-state index contributed by atoms with van der Waals surface area (Å²) in [5.74, 6) is -2.95. The maximum atomic E-state index is 12.5. The van der Waals surface area contributed by atoms with Crippen LogP contribution in [-0.2, 0) is 27.5 Å². The van der Waals surface area contributed by atoms with Crippen LogP contribution in [-0.4, -0.2) is 34.0 Å². The quantitative estimate of drug-likeness (QED) is 0.487. The molecule has 0 aliphatic carbocycles. The van der Waals surface area contributed by atoms with Crippen LogP contribution in [0.1, 0.15) is 27.3 Å². The molecule has 1 amide bonds. The monoisotopic (exact) mass is 383 g/mol. The van der Waals surface area contributed by atoms with Crippen LogP contribution in [0, 0.1) is 13.8 Å². The third-order valence-corrected chi connectivity index (χ3v) is 3.75. The predicted molar refractivity (Wildman–Crippen MR) is 88.0 cm³/mol. The van der Waals surface area contributed by atoms with Gasteiger partial charge in [-0.25, -0.2) is 4.79 Å². The van der Waals surface area contributed by atoms with Crippen LogP contribution in [0.4, 0.5) is 18.9 Å². The molecule has 0 fully saturated rings. The molecule has 0 radical (unpaired) electrons. The van der Waals surface area contributed by atoms with Crippen LogP contribution < -0.4 is 5.32 Å². The van der Waals surface area contributed by atoms with Gasteiger partial charge in [-0.05, 0) is 38.1 Å². The second-order valence-electron chi connectivity index (χ2n) is 5.70. The number of aromatic nitrogens is 2. The van der Waals surface area contributed by atoms with Crippen LogP contribution in [0.5, 0.6) is 0 Å². The molecule has 2 aromatic rings. The number of nitrogens with zero attached hydrogens (tertiary/aromatic N) is 2. The number of ketones is 1. The zero-order valence-electron chi connectivity index (χ0n) is 14.7. The summed E-state index contributed by atoms with van der Waals surface area (Å²) >= 11 is 0. The first-order valence-electron chi connectivity index (χ1n) is 7.69. The topological polar surface area (TPSA) is 90.3 Å². The van der Waals surface area contributed by atoms with Gasteiger partial charge < -0.3 is 10.1 Å². The van der Waals surface area contributed by atoms with Crippen molar-refractivity contribution in [2.75, 3.05) is 11.9 Å². The number of hydrogen-bond acceptors (Lipinski definition) is 5. The fraction of sp³-hybridized carbons (Fsp3) is 0.294. The largest absolute Gasteiger partial charge is 0.450 e. The molecule has 10 heteroatoms. The lowest BCUT2D eigenvalue weighted by Gasteiger charge is -2.09. The number of anilines is 1. The third kappa shape index (κ3) is 4.72. The number of nitrogens with one attached hydrogen (secondary N) is 1. The summed E-state index contributed by atoms with van der Waals surface area (Å²) in [6.45, 7) is 2.41. The van der Waals surface area contributed by atoms with Gasteiger partial charge in [-0.1, -0.05) is 0 Å². The Labute approximate surface area is 152 Å². The first kappa shape index (κ1) is 20.1. The zero-order chi connectivity index (χ0) is 20.4. The van der Waals surface area contributed by atoms with E-state index in [-0.39, 0.29) is 11.3 Å². The average molecular weight is 383 g/mol. The smallest absolute Gasteiger partial charge is 0.416 e. The van der Waals surface area contributed by atoms with Crippen LogP contribution >= 0.6 is 0 Å². The highest BCUT2D eigenvalue weighted by atomic mass is 19.4. The molecule has 0 aliphatic rings. The highest BCUT2D eigenvalue weighted by Crippen LogP contribution is 2.29. The first-order valence-corrected chi connectivity index (χ1v) is 7.69. The second-order valence-corrected chi connectivity index (χ2v) is 5.70. The summed E-state index contributed by atoms with van der Waals surface area (Å²) in [6.07, 6.45) is -4.49. The number of hydrogen-bond donors (Lipinski definition) is 1. The summed E-state index contributed by atoms with van der Waals surface area (Å²) in [5, 5.41) is 6.29. The van der Waals surface area contributed by atoms with Crippen LogP contribution in [0.3, 0.4) is 0 Å². The fourth-order valence-electron chi connectivity index (χ4n) is 2.34. The van der Waals surface area contributed by atoms with E-state index in [9.17, 15) is 27.6 Å². The molecular formula is C17H16F3N3O4. The van der Waals surface area contributed by atoms with Gasteiger partial charge in [0.25, 0.3) is 11.7 Å². The molecule has 1 aromatic carbocycles. The van der Waals surface area contributed by atoms with Crippen molar-refractivity contribution in [3.05, 3.63) is 46.8 Å². The molecule has 2 rings (SSSR count). The Morgan fingerprint density at radius 1 is 1.15 bits per heavy atom. The van der Waals surface area contributed by atoms with Crippen molar-refractivity contribution < 1.29 is 32.3 Å². The van der Waals surface area contributed by atoms with Crippen molar-refractivity contribution >= 4 is 23.3 Å². The minimum Gasteiger partial charge on any atom is -0.450 e. The van der Waals surface area contributed by atoms with Gasteiger partial charge >= 0.3 is 12.1 Å². The van der Waals surface area contributed by atoms with Crippen LogP contribution in [0.15, 0.2) is 24.3 Å². The number of esters is 1. The van der Waals surface area contributed by atoms with Gasteiger partial charge in [0.1, 0.15) is 0 Å². The van der Waals surface area contributed by atoms with Gasteiger partial charge in [-0.2, -0.15) is 18.3 Å². The molecule has 0 unspecified atom stereocenters. The number of amides is 1. The van der Waals surface area contributed by atoms with E-state index in [1.165, 1.54) is 4.68 Å². The van der Waals surface area contributed by atoms with Crippen molar-refractivity contribution in [3.63, 3.8) is 0 Å². The molecule has 0 spiro atoms. The number of Topliss-reactive ketones (excluding diaryl/α,β-unsaturated/α-hetero) is 1. The van der Waals surface area contributed by atoms with Gasteiger partial charge in [-0.3, -0.25) is 14.3 Å². The number of carbonyl (C=O) groups excluding carboxylic acids is 3. The molecule has 1 N–H and O–H groups in total. The van der Waals surface area contributed by atoms with E-state index in [0.29, 0.717) is 11.4 Å². The SMILES string of the molecule is Cc1nn(C)c(C)c1C(=O)C(=O)OCC(=O)Nc1ccc(C(F)(F)F)cc1. The van der Waals surface area contributed by atoms with Crippen molar-refractivity contribution in [2.24, 2.45) is 7.05 Å². The van der Waals surface area contributed by atoms with Gasteiger partial charge in [0, 0.05) is 18.4 Å². The second kappa shape index (κ2) is 7.60. The van der Waals surface area contributed by atoms with Crippen LogP contribution in [0.2, 0.25) is 0 Å². The molecule has 0 saturated carbocycles. The van der Waals surface area contributed by atoms with Crippen molar-refractivity contribution in [2.45, 2.75) is 20.0 Å². The lowest BCUT2D eigenvalue weighted by Crippen LogP contribution is -2.25. The molecular weight excluding hydrogens is 367 g/mol. The van der Waals surface area contributed by atoms with E-state index in [4.69, 9.17) is 0 Å². The Hall–Kier alpha value is -3.17. The van der Waals surface area contributed by atoms with E-state index in [1.807, 2.05) is 0 Å². The standard InChI is InChI=1S/C17H16F3N3O4/c1-9-14(10(2)23(3)22-9)15(25)16(26)27-8-13(24)21-12-6-4-11(5-7-12)17(18,19)20/h4-7H,8H2,1-3H3,(H,21,24). The number of benzene rings is 1. The molecule has 0 atom stereocenters. The normalized spacial score (nSPS) is 11.2. The van der Waals surface area contributed by atoms with Gasteiger partial charge in [0.2, 0.25) is 0 Å². The lowest BCUT2D eigenvalue weighted by molar-refractivity contribution is -0.142. The Morgan fingerprint density at radius 2 is 1.74 bits per heavy atom. The van der Waals surface area contributed by atoms with E-state index in [0.717, 1.165) is 24.3 Å². The Morgan fingerprint density at radius 3 is 2.22 bits per heavy atom. The maximum absolute atomic E-state index is 12.5. The van der Waals surface area contributed by atoms with Crippen molar-refractivity contribution in [1.29, 1.82) is 0 Å². The predicted octanol–water partition coefficient (Wildman–Crippen LogP) is 2.42. The number of halogens is 3. The first-order chi connectivity index (χ1) is 12.5. The highest BCUT2D eigenvalue weighted by molar-refractivity contribution is 6.41. The summed E-state index contributed by atoms with van der Waals surface area (Å²) < 4.78 is 43.6. The molecule has 0 bridgehead atoms. The van der Waals surface area contributed by atoms with Crippen LogP contribution in [0.25, 0.3) is 0 Å². The number of carbonyl (C=O) groups is 3. The summed E-state index contributed by atoms with van der Waals surface area (Å²) in [4.78, 5) is 35.7. The Kier molecular flexibility index (Phi) is 5.67. The Bertz CT molecular complexity index is 886. The number of ether oxygens (including phenoxy) is 1. The van der Waals surface area contributed by atoms with Gasteiger partial charge in [-0.15, -0.1) is 0 Å². The van der Waals surface area contributed by atoms with E-state index in [2.05, 4.69) is 15.2 Å². The summed E-state index contributed by atoms with van der Waals surface area (Å²) in [7, 11) is 1.61. The Balaban J connectivity index is 1.93. The molecule has 7 nitrogen and oxygen atoms in total. The zero-order valence-corrected chi connectivity index (χ0v) is 14.7. The van der Waals surface area contributed by atoms with Gasteiger partial charge in [0.15, 0.2) is 6.61 Å². The van der Waals surface area contributed by atoms with E-state index < -0.39 is 36.0 Å². The van der Waals surface area contributed by atoms with Crippen molar-refractivity contribution in [1.82, 2.24) is 9.78 Å². The van der Waals surface area contributed by atoms with Crippen molar-refractivity contribution in [3.8, 4) is 0 Å². The number of rotatable bonds is 5. The average Bonchev–Trinajstić information content (AvgIpc) is 2.84. The molecule has 1 aromatic heterocycles. The maximum Gasteiger partial charge on any atom is 0.416 e. The minimum absolute atomic E-state index is 0.0920. The summed E-state index contributed by atoms with van der Waals surface area (Å²) in [5.41, 5.74) is 0.162. The van der Waals surface area contributed by atoms with Gasteiger partial charge in [0.05, 0.1) is 16.8 Å².